The quantitative estimate of drug-likeness (QED) is 0.342. The van der Waals surface area contributed by atoms with Crippen LogP contribution in [0.15, 0.2) is 6.33 Å². The maximum Gasteiger partial charge on any atom is 0.224 e. The number of anilines is 2. The maximum absolute atomic E-state index is 10.0. The summed E-state index contributed by atoms with van der Waals surface area (Å²) in [6, 6.07) is 0. The monoisotopic (exact) mass is 298 g/mol. The van der Waals surface area contributed by atoms with E-state index in [0.717, 1.165) is 0 Å². The van der Waals surface area contributed by atoms with E-state index in [1.807, 2.05) is 5.48 Å². The summed E-state index contributed by atoms with van der Waals surface area (Å²) >= 11 is 0. The first-order valence-electron chi connectivity index (χ1n) is 6.09. The summed E-state index contributed by atoms with van der Waals surface area (Å²) in [6.45, 7) is -0.443. The smallest absolute Gasteiger partial charge is 0.224 e. The van der Waals surface area contributed by atoms with Crippen LogP contribution in [0.25, 0.3) is 11.2 Å². The van der Waals surface area contributed by atoms with Crippen molar-refractivity contribution in [3.63, 3.8) is 0 Å². The van der Waals surface area contributed by atoms with Crippen LogP contribution in [0.1, 0.15) is 6.23 Å². The van der Waals surface area contributed by atoms with Gasteiger partial charge >= 0.3 is 0 Å². The predicted octanol–water partition coefficient (Wildman–Crippen LogP) is -2.18. The zero-order chi connectivity index (χ0) is 15.1. The van der Waals surface area contributed by atoms with Gasteiger partial charge in [0.25, 0.3) is 0 Å². The fraction of sp³-hybridized carbons (Fsp3) is 0.500. The average Bonchev–Trinajstić information content (AvgIpc) is 3.01. The molecule has 0 spiro atoms. The second-order valence-corrected chi connectivity index (χ2v) is 4.60. The highest BCUT2D eigenvalue weighted by Gasteiger charge is 2.44. The van der Waals surface area contributed by atoms with Crippen molar-refractivity contribution < 1.29 is 25.3 Å². The Morgan fingerprint density at radius 1 is 1.33 bits per heavy atom. The van der Waals surface area contributed by atoms with E-state index in [0.29, 0.717) is 0 Å². The van der Waals surface area contributed by atoms with Gasteiger partial charge in [0.2, 0.25) is 5.95 Å². The number of nitrogens with one attached hydrogen (secondary N) is 1. The normalized spacial score (nSPS) is 29.1. The topological polar surface area (TPSA) is 172 Å². The van der Waals surface area contributed by atoms with E-state index in [4.69, 9.17) is 20.8 Å². The highest BCUT2D eigenvalue weighted by atomic mass is 16.6. The van der Waals surface area contributed by atoms with Crippen molar-refractivity contribution in [3.8, 4) is 0 Å². The molecule has 0 saturated carbocycles. The number of aliphatic hydroxyl groups excluding tert-OH is 3. The summed E-state index contributed by atoms with van der Waals surface area (Å²) in [5.41, 5.74) is 7.81. The lowest BCUT2D eigenvalue weighted by Crippen LogP contribution is -2.33. The second-order valence-electron chi connectivity index (χ2n) is 4.60. The number of rotatable bonds is 3. The summed E-state index contributed by atoms with van der Waals surface area (Å²) in [4.78, 5) is 11.8. The molecule has 4 unspecified atom stereocenters. The number of hydrogen-bond donors (Lipinski definition) is 6. The number of ether oxygens (including phenoxy) is 1. The van der Waals surface area contributed by atoms with Crippen LogP contribution in [0, 0.1) is 0 Å². The third-order valence-corrected chi connectivity index (χ3v) is 3.34. The SMILES string of the molecule is Nc1nc(NO)c2ncn(C3OC(CO)C(O)C3O)c2n1. The molecule has 0 bridgehead atoms. The molecule has 11 heteroatoms. The molecule has 1 aliphatic rings. The Labute approximate surface area is 117 Å². The highest BCUT2D eigenvalue weighted by molar-refractivity contribution is 5.83. The summed E-state index contributed by atoms with van der Waals surface area (Å²) in [5, 5.41) is 37.9. The minimum Gasteiger partial charge on any atom is -0.394 e. The molecular formula is C10H14N6O5. The summed E-state index contributed by atoms with van der Waals surface area (Å²) in [5.74, 6) is -0.115. The van der Waals surface area contributed by atoms with Gasteiger partial charge in [-0.15, -0.1) is 0 Å². The van der Waals surface area contributed by atoms with E-state index in [1.54, 1.807) is 0 Å². The molecule has 0 aromatic carbocycles. The van der Waals surface area contributed by atoms with E-state index in [-0.39, 0.29) is 22.9 Å². The van der Waals surface area contributed by atoms with E-state index in [2.05, 4.69) is 15.0 Å². The zero-order valence-corrected chi connectivity index (χ0v) is 10.7. The molecule has 1 fully saturated rings. The number of imidazole rings is 1. The van der Waals surface area contributed by atoms with Crippen molar-refractivity contribution in [3.05, 3.63) is 6.33 Å². The van der Waals surface area contributed by atoms with Gasteiger partial charge < -0.3 is 25.8 Å². The van der Waals surface area contributed by atoms with Crippen LogP contribution in [-0.4, -0.2) is 65.0 Å². The van der Waals surface area contributed by atoms with Gasteiger partial charge in [0, 0.05) is 0 Å². The van der Waals surface area contributed by atoms with Crippen LogP contribution in [0.5, 0.6) is 0 Å². The molecule has 4 atom stereocenters. The molecule has 7 N–H and O–H groups in total. The molecular weight excluding hydrogens is 284 g/mol. The first-order valence-corrected chi connectivity index (χ1v) is 6.09. The van der Waals surface area contributed by atoms with Gasteiger partial charge in [-0.2, -0.15) is 9.97 Å². The number of aliphatic hydroxyl groups is 3. The van der Waals surface area contributed by atoms with Gasteiger partial charge in [-0.3, -0.25) is 15.3 Å². The lowest BCUT2D eigenvalue weighted by atomic mass is 10.1. The number of nitrogen functional groups attached to an aromatic ring is 1. The van der Waals surface area contributed by atoms with Gasteiger partial charge in [0.05, 0.1) is 12.9 Å². The number of hydrogen-bond acceptors (Lipinski definition) is 10. The van der Waals surface area contributed by atoms with Gasteiger partial charge in [0.15, 0.2) is 23.2 Å². The lowest BCUT2D eigenvalue weighted by Gasteiger charge is -2.16. The summed E-state index contributed by atoms with van der Waals surface area (Å²) in [6.07, 6.45) is -3.13. The number of fused-ring (bicyclic) bond motifs is 1. The summed E-state index contributed by atoms with van der Waals surface area (Å²) in [7, 11) is 0. The largest absolute Gasteiger partial charge is 0.394 e. The van der Waals surface area contributed by atoms with Crippen LogP contribution in [0.3, 0.4) is 0 Å². The molecule has 0 radical (unpaired) electrons. The molecule has 2 aromatic rings. The maximum atomic E-state index is 10.0. The summed E-state index contributed by atoms with van der Waals surface area (Å²) < 4.78 is 6.73. The minimum atomic E-state index is -1.28. The fourth-order valence-electron chi connectivity index (χ4n) is 2.31. The average molecular weight is 298 g/mol. The Morgan fingerprint density at radius 2 is 2.10 bits per heavy atom. The lowest BCUT2D eigenvalue weighted by molar-refractivity contribution is -0.0511. The van der Waals surface area contributed by atoms with Crippen molar-refractivity contribution in [2.45, 2.75) is 24.5 Å². The predicted molar refractivity (Wildman–Crippen MR) is 68.2 cm³/mol. The van der Waals surface area contributed by atoms with Gasteiger partial charge in [-0.25, -0.2) is 4.98 Å². The van der Waals surface area contributed by atoms with Gasteiger partial charge in [-0.1, -0.05) is 0 Å². The number of aromatic nitrogens is 4. The Morgan fingerprint density at radius 3 is 2.71 bits per heavy atom. The third kappa shape index (κ3) is 2.07. The number of nitrogens with zero attached hydrogens (tertiary/aromatic N) is 4. The van der Waals surface area contributed by atoms with Crippen LogP contribution < -0.4 is 11.2 Å². The van der Waals surface area contributed by atoms with E-state index >= 15 is 0 Å². The third-order valence-electron chi connectivity index (χ3n) is 3.34. The first-order chi connectivity index (χ1) is 10.1. The molecule has 0 aliphatic carbocycles. The van der Waals surface area contributed by atoms with Crippen LogP contribution in [-0.2, 0) is 4.74 Å². The van der Waals surface area contributed by atoms with Crippen LogP contribution in [0.2, 0.25) is 0 Å². The van der Waals surface area contributed by atoms with Gasteiger partial charge in [-0.05, 0) is 0 Å². The highest BCUT2D eigenvalue weighted by Crippen LogP contribution is 2.32. The van der Waals surface area contributed by atoms with Crippen LogP contribution >= 0.6 is 0 Å². The van der Waals surface area contributed by atoms with Gasteiger partial charge in [0.1, 0.15) is 18.3 Å². The molecule has 2 aromatic heterocycles. The van der Waals surface area contributed by atoms with Crippen molar-refractivity contribution in [1.29, 1.82) is 0 Å². The van der Waals surface area contributed by atoms with E-state index in [9.17, 15) is 10.2 Å². The zero-order valence-electron chi connectivity index (χ0n) is 10.7. The Bertz CT molecular complexity index is 663. The Balaban J connectivity index is 2.07. The Kier molecular flexibility index (Phi) is 3.35. The molecule has 11 nitrogen and oxygen atoms in total. The Hall–Kier alpha value is -2.05. The van der Waals surface area contributed by atoms with Crippen LogP contribution in [0.4, 0.5) is 11.8 Å². The molecule has 21 heavy (non-hydrogen) atoms. The van der Waals surface area contributed by atoms with E-state index < -0.39 is 31.1 Å². The standard InChI is InChI=1S/C10H14N6O5/c11-10-13-7(15-20)4-8(14-10)16(2-12-4)9-6(19)5(18)3(1-17)21-9/h2-3,5-6,9,17-20H,1H2,(H3,11,13,14,15). The van der Waals surface area contributed by atoms with Crippen molar-refractivity contribution in [1.82, 2.24) is 19.5 Å². The second kappa shape index (κ2) is 5.05. The van der Waals surface area contributed by atoms with E-state index in [1.165, 1.54) is 10.9 Å². The molecule has 3 heterocycles. The molecule has 3 rings (SSSR count). The minimum absolute atomic E-state index is 0.00277. The fourth-order valence-corrected chi connectivity index (χ4v) is 2.31. The first kappa shape index (κ1) is 13.9. The molecule has 0 amide bonds. The molecule has 114 valence electrons. The molecule has 1 saturated heterocycles. The molecule has 1 aliphatic heterocycles. The van der Waals surface area contributed by atoms with Crippen molar-refractivity contribution in [2.75, 3.05) is 17.8 Å². The number of nitrogens with two attached hydrogens (primary N) is 1. The van der Waals surface area contributed by atoms with Crippen molar-refractivity contribution in [2.24, 2.45) is 0 Å². The van der Waals surface area contributed by atoms with Crippen molar-refractivity contribution >= 4 is 22.9 Å².